The number of aliphatic hydroxyl groups excluding tert-OH is 1. The zero-order chi connectivity index (χ0) is 26.9. The third-order valence-corrected chi connectivity index (χ3v) is 10.6. The normalized spacial score (nSPS) is 39.2. The Labute approximate surface area is 233 Å². The van der Waals surface area contributed by atoms with Crippen LogP contribution >= 0.6 is 0 Å². The molecule has 5 aliphatic carbocycles. The minimum atomic E-state index is -0.851. The van der Waals surface area contributed by atoms with Crippen LogP contribution in [0.15, 0.2) is 12.7 Å². The lowest BCUT2D eigenvalue weighted by Gasteiger charge is -2.57. The van der Waals surface area contributed by atoms with Gasteiger partial charge in [0.1, 0.15) is 18.5 Å². The lowest BCUT2D eigenvalue weighted by atomic mass is 9.49. The van der Waals surface area contributed by atoms with Crippen LogP contribution in [-0.2, 0) is 19.0 Å². The first kappa shape index (κ1) is 25.4. The van der Waals surface area contributed by atoms with Crippen molar-refractivity contribution in [1.29, 1.82) is 0 Å². The van der Waals surface area contributed by atoms with Crippen molar-refractivity contribution in [2.24, 2.45) is 23.2 Å². The molecule has 9 rings (SSSR count). The van der Waals surface area contributed by atoms with Crippen LogP contribution in [0.4, 0.5) is 5.82 Å². The Hall–Kier alpha value is -2.34. The van der Waals surface area contributed by atoms with Crippen LogP contribution in [0.2, 0.25) is 0 Å². The zero-order valence-corrected chi connectivity index (χ0v) is 23.0. The fourth-order valence-corrected chi connectivity index (χ4v) is 9.40. The van der Waals surface area contributed by atoms with Crippen molar-refractivity contribution in [3.05, 3.63) is 12.7 Å². The minimum absolute atomic E-state index is 0.139. The van der Waals surface area contributed by atoms with E-state index in [4.69, 9.17) is 19.2 Å². The van der Waals surface area contributed by atoms with Crippen LogP contribution < -0.4 is 10.6 Å². The summed E-state index contributed by atoms with van der Waals surface area (Å²) in [4.78, 5) is 27.0. The summed E-state index contributed by atoms with van der Waals surface area (Å²) >= 11 is 0. The van der Waals surface area contributed by atoms with Crippen LogP contribution in [0.25, 0.3) is 11.2 Å². The third kappa shape index (κ3) is 4.15. The highest BCUT2D eigenvalue weighted by Crippen LogP contribution is 2.60. The Morgan fingerprint density at radius 3 is 2.45 bits per heavy atom. The van der Waals surface area contributed by atoms with Crippen LogP contribution in [0.1, 0.15) is 76.9 Å². The minimum Gasteiger partial charge on any atom is -0.395 e. The Morgan fingerprint density at radius 1 is 1.00 bits per heavy atom. The first-order chi connectivity index (χ1) is 19.5. The molecule has 7 fully saturated rings. The summed E-state index contributed by atoms with van der Waals surface area (Å²) in [6, 6.07) is 0. The molecule has 5 saturated carbocycles. The van der Waals surface area contributed by atoms with Gasteiger partial charge >= 0.3 is 0 Å². The number of carbonyl (C=O) groups is 1. The first-order valence-corrected chi connectivity index (χ1v) is 15.3. The van der Waals surface area contributed by atoms with Gasteiger partial charge in [-0.2, -0.15) is 0 Å². The predicted molar refractivity (Wildman–Crippen MR) is 144 cm³/mol. The Morgan fingerprint density at radius 2 is 1.73 bits per heavy atom. The molecule has 4 atom stereocenters. The highest BCUT2D eigenvalue weighted by atomic mass is 16.8. The molecule has 11 nitrogen and oxygen atoms in total. The molecule has 2 aromatic rings. The number of aliphatic hydroxyl groups is 1. The maximum atomic E-state index is 13.1. The summed E-state index contributed by atoms with van der Waals surface area (Å²) in [5, 5.41) is 15.7. The maximum absolute atomic E-state index is 13.1. The number of hydrogen-bond donors (Lipinski definition) is 3. The number of aromatic nitrogens is 4. The number of ether oxygens (including phenoxy) is 3. The summed E-state index contributed by atoms with van der Waals surface area (Å²) in [6.07, 6.45) is 13.9. The lowest BCUT2D eigenvalue weighted by Crippen LogP contribution is -2.49. The van der Waals surface area contributed by atoms with Gasteiger partial charge in [-0.05, 0) is 74.5 Å². The molecule has 40 heavy (non-hydrogen) atoms. The Kier molecular flexibility index (Phi) is 6.09. The summed E-state index contributed by atoms with van der Waals surface area (Å²) in [7, 11) is 0. The van der Waals surface area contributed by atoms with Crippen molar-refractivity contribution in [2.75, 3.05) is 25.0 Å². The van der Waals surface area contributed by atoms with E-state index >= 15 is 0 Å². The first-order valence-electron chi connectivity index (χ1n) is 15.3. The van der Waals surface area contributed by atoms with E-state index < -0.39 is 30.3 Å². The van der Waals surface area contributed by atoms with Gasteiger partial charge in [-0.15, -0.1) is 0 Å². The van der Waals surface area contributed by atoms with Gasteiger partial charge in [0.05, 0.1) is 12.9 Å². The van der Waals surface area contributed by atoms with Gasteiger partial charge in [0.2, 0.25) is 0 Å². The number of nitrogens with one attached hydrogen (secondary N) is 2. The highest BCUT2D eigenvalue weighted by Gasteiger charge is 2.61. The van der Waals surface area contributed by atoms with E-state index in [-0.39, 0.29) is 19.1 Å². The van der Waals surface area contributed by atoms with Gasteiger partial charge in [0.15, 0.2) is 35.1 Å². The molecular formula is C29H40N6O5. The summed E-state index contributed by atoms with van der Waals surface area (Å²) < 4.78 is 21.3. The quantitative estimate of drug-likeness (QED) is 0.474. The molecule has 7 aliphatic rings. The van der Waals surface area contributed by atoms with Crippen molar-refractivity contribution in [3.8, 4) is 0 Å². The number of fused-ring (bicyclic) bond motifs is 2. The number of hydrogen-bond acceptors (Lipinski definition) is 9. The average Bonchev–Trinajstić information content (AvgIpc) is 3.62. The van der Waals surface area contributed by atoms with Crippen molar-refractivity contribution < 1.29 is 24.1 Å². The fraction of sp³-hybridized carbons (Fsp3) is 0.793. The van der Waals surface area contributed by atoms with Crippen LogP contribution in [-0.4, -0.2) is 74.3 Å². The molecule has 1 amide bonds. The largest absolute Gasteiger partial charge is 0.395 e. The topological polar surface area (TPSA) is 133 Å². The van der Waals surface area contributed by atoms with E-state index in [1.165, 1.54) is 38.5 Å². The number of imidazole rings is 1. The third-order valence-electron chi connectivity index (χ3n) is 10.6. The molecule has 216 valence electrons. The van der Waals surface area contributed by atoms with Gasteiger partial charge in [0.25, 0.3) is 5.91 Å². The van der Waals surface area contributed by atoms with E-state index in [9.17, 15) is 9.90 Å². The molecule has 4 heterocycles. The molecule has 4 bridgehead atoms. The van der Waals surface area contributed by atoms with E-state index in [2.05, 4.69) is 20.6 Å². The molecule has 1 spiro atoms. The molecule has 3 N–H and O–H groups in total. The Balaban J connectivity index is 1.06. The van der Waals surface area contributed by atoms with Gasteiger partial charge in [-0.1, -0.05) is 6.42 Å². The van der Waals surface area contributed by atoms with E-state index in [1.807, 2.05) is 4.57 Å². The van der Waals surface area contributed by atoms with Gasteiger partial charge in [-0.25, -0.2) is 15.0 Å². The average molecular weight is 553 g/mol. The zero-order valence-electron chi connectivity index (χ0n) is 23.0. The lowest BCUT2D eigenvalue weighted by molar-refractivity contribution is -0.229. The number of anilines is 1. The molecule has 2 aromatic heterocycles. The molecule has 2 aliphatic heterocycles. The number of carbonyl (C=O) groups excluding carboxylic acids is 1. The van der Waals surface area contributed by atoms with Crippen molar-refractivity contribution in [3.63, 3.8) is 0 Å². The predicted octanol–water partition coefficient (Wildman–Crippen LogP) is 2.90. The van der Waals surface area contributed by atoms with Crippen molar-refractivity contribution >= 4 is 22.9 Å². The second kappa shape index (κ2) is 9.61. The van der Waals surface area contributed by atoms with Crippen molar-refractivity contribution in [2.45, 2.75) is 101 Å². The van der Waals surface area contributed by atoms with Crippen LogP contribution in [0.3, 0.4) is 0 Å². The number of rotatable bonds is 7. The van der Waals surface area contributed by atoms with E-state index in [1.54, 1.807) is 12.7 Å². The van der Waals surface area contributed by atoms with Gasteiger partial charge < -0.3 is 30.0 Å². The van der Waals surface area contributed by atoms with Crippen molar-refractivity contribution in [1.82, 2.24) is 24.8 Å². The van der Waals surface area contributed by atoms with Gasteiger partial charge in [0, 0.05) is 25.9 Å². The SMILES string of the molecule is O=C(NCCO)[C@H]1O[C@@H](n2cnc3c(NCC45CC6CC(CC(C6)C4)C5)ncnc32)C2OC3(CCCCC3)OC21. The molecule has 2 unspecified atom stereocenters. The molecule has 2 saturated heterocycles. The molecule has 0 radical (unpaired) electrons. The summed E-state index contributed by atoms with van der Waals surface area (Å²) in [5.74, 6) is 2.45. The monoisotopic (exact) mass is 552 g/mol. The maximum Gasteiger partial charge on any atom is 0.252 e. The Bertz CT molecular complexity index is 1240. The number of nitrogens with zero attached hydrogens (tertiary/aromatic N) is 4. The summed E-state index contributed by atoms with van der Waals surface area (Å²) in [5.41, 5.74) is 1.72. The fourth-order valence-electron chi connectivity index (χ4n) is 9.40. The van der Waals surface area contributed by atoms with Crippen LogP contribution in [0, 0.1) is 23.2 Å². The number of amides is 1. The molecule has 11 heteroatoms. The van der Waals surface area contributed by atoms with Gasteiger partial charge in [-0.3, -0.25) is 9.36 Å². The standard InChI is InChI=1S/C29H40N6O5/c36-7-6-30-26(37)22-21-23(40-29(39-21)4-2-1-3-5-29)27(38-22)35-16-34-20-24(32-15-33-25(20)35)31-14-28-11-17-8-18(12-28)10-19(9-17)13-28/h15-19,21-23,27,36H,1-14H2,(H,30,37)(H,31,32,33)/t17?,18?,19?,21?,22-,23?,27+,28?/m0/s1. The molecular weight excluding hydrogens is 512 g/mol. The summed E-state index contributed by atoms with van der Waals surface area (Å²) in [6.45, 7) is 0.943. The van der Waals surface area contributed by atoms with Crippen LogP contribution in [0.5, 0.6) is 0 Å². The van der Waals surface area contributed by atoms with E-state index in [0.717, 1.165) is 62.2 Å². The highest BCUT2D eigenvalue weighted by molar-refractivity contribution is 5.83. The molecule has 0 aromatic carbocycles. The van der Waals surface area contributed by atoms with E-state index in [0.29, 0.717) is 16.6 Å². The second-order valence-corrected chi connectivity index (χ2v) is 13.4. The smallest absolute Gasteiger partial charge is 0.252 e. The second-order valence-electron chi connectivity index (χ2n) is 13.4.